The third-order valence-electron chi connectivity index (χ3n) is 3.74. The van der Waals surface area contributed by atoms with Crippen molar-refractivity contribution in [3.05, 3.63) is 22.4 Å². The minimum Gasteiger partial charge on any atom is -0.356 e. The quantitative estimate of drug-likeness (QED) is 0.459. The number of likely N-dealkylation sites (tertiary alicyclic amines) is 1. The summed E-state index contributed by atoms with van der Waals surface area (Å²) in [5.74, 6) is 2.01. The molecule has 21 heavy (non-hydrogen) atoms. The van der Waals surface area contributed by atoms with Gasteiger partial charge in [0.05, 0.1) is 6.04 Å². The molecular formula is C15H26N4S2. The van der Waals surface area contributed by atoms with Crippen molar-refractivity contribution in [2.24, 2.45) is 4.99 Å². The molecule has 1 aromatic heterocycles. The van der Waals surface area contributed by atoms with E-state index in [-0.39, 0.29) is 0 Å². The minimum atomic E-state index is 0.464. The molecule has 1 fully saturated rings. The fraction of sp³-hybridized carbons (Fsp3) is 0.667. The van der Waals surface area contributed by atoms with Crippen LogP contribution in [0.2, 0.25) is 0 Å². The number of nitrogens with zero attached hydrogens (tertiary/aromatic N) is 2. The van der Waals surface area contributed by atoms with Crippen molar-refractivity contribution in [1.29, 1.82) is 0 Å². The normalized spacial score (nSPS) is 17.9. The molecule has 0 spiro atoms. The Hall–Kier alpha value is -0.720. The maximum Gasteiger partial charge on any atom is 0.191 e. The van der Waals surface area contributed by atoms with Gasteiger partial charge in [-0.2, -0.15) is 11.8 Å². The molecule has 0 aliphatic carbocycles. The minimum absolute atomic E-state index is 0.464. The molecule has 2 N–H and O–H groups in total. The summed E-state index contributed by atoms with van der Waals surface area (Å²) in [5.41, 5.74) is 0. The maximum atomic E-state index is 4.31. The second-order valence-electron chi connectivity index (χ2n) is 5.15. The monoisotopic (exact) mass is 326 g/mol. The topological polar surface area (TPSA) is 39.7 Å². The van der Waals surface area contributed by atoms with Crippen LogP contribution in [0.25, 0.3) is 0 Å². The van der Waals surface area contributed by atoms with Crippen molar-refractivity contribution in [1.82, 2.24) is 15.5 Å². The second kappa shape index (κ2) is 9.33. The summed E-state index contributed by atoms with van der Waals surface area (Å²) in [6.07, 6.45) is 4.77. The van der Waals surface area contributed by atoms with Gasteiger partial charge in [0, 0.05) is 30.8 Å². The summed E-state index contributed by atoms with van der Waals surface area (Å²) in [6.45, 7) is 4.29. The first-order chi connectivity index (χ1) is 10.3. The summed E-state index contributed by atoms with van der Waals surface area (Å²) in [7, 11) is 1.84. The van der Waals surface area contributed by atoms with E-state index in [1.54, 1.807) is 0 Å². The Labute approximate surface area is 136 Å². The van der Waals surface area contributed by atoms with Gasteiger partial charge in [-0.25, -0.2) is 0 Å². The van der Waals surface area contributed by atoms with Crippen LogP contribution in [0.4, 0.5) is 0 Å². The first-order valence-electron chi connectivity index (χ1n) is 7.56. The van der Waals surface area contributed by atoms with Crippen LogP contribution in [0.5, 0.6) is 0 Å². The van der Waals surface area contributed by atoms with Crippen molar-refractivity contribution in [3.8, 4) is 0 Å². The number of nitrogens with one attached hydrogen (secondary N) is 2. The molecule has 6 heteroatoms. The zero-order chi connectivity index (χ0) is 14.9. The van der Waals surface area contributed by atoms with Gasteiger partial charge in [0.1, 0.15) is 0 Å². The first kappa shape index (κ1) is 16.6. The van der Waals surface area contributed by atoms with E-state index in [0.29, 0.717) is 6.04 Å². The largest absolute Gasteiger partial charge is 0.356 e. The smallest absolute Gasteiger partial charge is 0.191 e. The van der Waals surface area contributed by atoms with Gasteiger partial charge < -0.3 is 10.6 Å². The highest BCUT2D eigenvalue weighted by atomic mass is 32.2. The van der Waals surface area contributed by atoms with Crippen LogP contribution in [0, 0.1) is 0 Å². The zero-order valence-corrected chi connectivity index (χ0v) is 14.6. The van der Waals surface area contributed by atoms with E-state index in [4.69, 9.17) is 0 Å². The molecule has 1 atom stereocenters. The number of hydrogen-bond acceptors (Lipinski definition) is 4. The highest BCUT2D eigenvalue weighted by molar-refractivity contribution is 7.98. The third kappa shape index (κ3) is 5.20. The number of thioether (sulfide) groups is 1. The third-order valence-corrected chi connectivity index (χ3v) is 5.32. The molecule has 0 bridgehead atoms. The Morgan fingerprint density at radius 3 is 2.86 bits per heavy atom. The van der Waals surface area contributed by atoms with E-state index >= 15 is 0 Å². The summed E-state index contributed by atoms with van der Waals surface area (Å²) < 4.78 is 0. The Bertz CT molecular complexity index is 413. The van der Waals surface area contributed by atoms with Crippen LogP contribution in [0.15, 0.2) is 22.5 Å². The Kier molecular flexibility index (Phi) is 7.39. The molecule has 4 nitrogen and oxygen atoms in total. The van der Waals surface area contributed by atoms with E-state index in [0.717, 1.165) is 24.8 Å². The molecule has 1 aliphatic heterocycles. The van der Waals surface area contributed by atoms with Gasteiger partial charge in [-0.3, -0.25) is 9.89 Å². The molecular weight excluding hydrogens is 300 g/mol. The lowest BCUT2D eigenvalue weighted by Gasteiger charge is -2.27. The van der Waals surface area contributed by atoms with Crippen molar-refractivity contribution >= 4 is 29.1 Å². The Balaban J connectivity index is 1.89. The fourth-order valence-electron chi connectivity index (χ4n) is 2.63. The van der Waals surface area contributed by atoms with Gasteiger partial charge in [0.25, 0.3) is 0 Å². The SMILES string of the molecule is CN=C(NCCSC)NCC(c1cccs1)N1CCCC1. The number of guanidine groups is 1. The van der Waals surface area contributed by atoms with Crippen molar-refractivity contribution in [2.75, 3.05) is 45.2 Å². The van der Waals surface area contributed by atoms with Crippen LogP contribution in [0.1, 0.15) is 23.8 Å². The van der Waals surface area contributed by atoms with E-state index in [1.807, 2.05) is 30.1 Å². The number of aliphatic imine (C=N–C) groups is 1. The average Bonchev–Trinajstić information content (AvgIpc) is 3.19. The molecule has 2 heterocycles. The number of hydrogen-bond donors (Lipinski definition) is 2. The van der Waals surface area contributed by atoms with E-state index in [2.05, 4.69) is 44.3 Å². The molecule has 1 unspecified atom stereocenters. The van der Waals surface area contributed by atoms with Crippen LogP contribution < -0.4 is 10.6 Å². The fourth-order valence-corrected chi connectivity index (χ4v) is 3.80. The summed E-state index contributed by atoms with van der Waals surface area (Å²) in [5, 5.41) is 9.02. The van der Waals surface area contributed by atoms with E-state index < -0.39 is 0 Å². The van der Waals surface area contributed by atoms with Crippen LogP contribution >= 0.6 is 23.1 Å². The van der Waals surface area contributed by atoms with Crippen LogP contribution in [0.3, 0.4) is 0 Å². The molecule has 2 rings (SSSR count). The predicted molar refractivity (Wildman–Crippen MR) is 95.6 cm³/mol. The van der Waals surface area contributed by atoms with Crippen LogP contribution in [-0.2, 0) is 0 Å². The summed E-state index contributed by atoms with van der Waals surface area (Å²) >= 11 is 3.70. The maximum absolute atomic E-state index is 4.31. The van der Waals surface area contributed by atoms with Gasteiger partial charge in [0.15, 0.2) is 5.96 Å². The van der Waals surface area contributed by atoms with Crippen molar-refractivity contribution < 1.29 is 0 Å². The molecule has 1 saturated heterocycles. The lowest BCUT2D eigenvalue weighted by atomic mass is 10.2. The van der Waals surface area contributed by atoms with Gasteiger partial charge in [0.2, 0.25) is 0 Å². The molecule has 118 valence electrons. The van der Waals surface area contributed by atoms with E-state index in [1.165, 1.54) is 30.8 Å². The van der Waals surface area contributed by atoms with Crippen LogP contribution in [-0.4, -0.2) is 56.1 Å². The summed E-state index contributed by atoms with van der Waals surface area (Å²) in [4.78, 5) is 8.35. The first-order valence-corrected chi connectivity index (χ1v) is 9.83. The lowest BCUT2D eigenvalue weighted by Crippen LogP contribution is -2.43. The highest BCUT2D eigenvalue weighted by Gasteiger charge is 2.24. The van der Waals surface area contributed by atoms with Crippen molar-refractivity contribution in [2.45, 2.75) is 18.9 Å². The van der Waals surface area contributed by atoms with E-state index in [9.17, 15) is 0 Å². The molecule has 0 saturated carbocycles. The second-order valence-corrected chi connectivity index (χ2v) is 7.11. The van der Waals surface area contributed by atoms with Gasteiger partial charge in [-0.05, 0) is 43.6 Å². The summed E-state index contributed by atoms with van der Waals surface area (Å²) in [6, 6.07) is 4.86. The molecule has 1 aromatic rings. The Morgan fingerprint density at radius 2 is 2.24 bits per heavy atom. The predicted octanol–water partition coefficient (Wildman–Crippen LogP) is 2.41. The van der Waals surface area contributed by atoms with Crippen molar-refractivity contribution in [3.63, 3.8) is 0 Å². The standard InChI is InChI=1S/C15H26N4S2/c1-16-15(17-7-11-20-2)18-12-13(14-6-5-10-21-14)19-8-3-4-9-19/h5-6,10,13H,3-4,7-9,11-12H2,1-2H3,(H2,16,17,18). The van der Waals surface area contributed by atoms with Gasteiger partial charge in [-0.1, -0.05) is 6.07 Å². The number of rotatable bonds is 7. The molecule has 0 radical (unpaired) electrons. The molecule has 0 amide bonds. The average molecular weight is 327 g/mol. The molecule has 1 aliphatic rings. The molecule has 0 aromatic carbocycles. The van der Waals surface area contributed by atoms with Gasteiger partial charge in [-0.15, -0.1) is 11.3 Å². The lowest BCUT2D eigenvalue weighted by molar-refractivity contribution is 0.249. The zero-order valence-electron chi connectivity index (χ0n) is 13.0. The van der Waals surface area contributed by atoms with Gasteiger partial charge >= 0.3 is 0 Å². The highest BCUT2D eigenvalue weighted by Crippen LogP contribution is 2.27. The Morgan fingerprint density at radius 1 is 1.43 bits per heavy atom. The number of thiophene rings is 1.